The molecule has 1 aromatic rings. The third kappa shape index (κ3) is 4.12. The van der Waals surface area contributed by atoms with Gasteiger partial charge in [-0.25, -0.2) is 0 Å². The molecule has 0 aromatic heterocycles. The Balaban J connectivity index is 1.97. The molecule has 0 saturated carbocycles. The summed E-state index contributed by atoms with van der Waals surface area (Å²) in [5.41, 5.74) is 0.794. The zero-order valence-electron chi connectivity index (χ0n) is 12.1. The Bertz CT molecular complexity index is 545. The molecular weight excluding hydrogens is 294 g/mol. The number of rotatable bonds is 6. The molecule has 0 spiro atoms. The molecule has 0 N–H and O–H groups in total. The number of likely N-dealkylation sites (N-methyl/N-ethyl adjacent to an activating group) is 1. The molecule has 0 fully saturated rings. The molecule has 0 atom stereocenters. The van der Waals surface area contributed by atoms with Gasteiger partial charge in [0, 0.05) is 33.4 Å². The summed E-state index contributed by atoms with van der Waals surface area (Å²) in [4.78, 5) is 13.6. The SMILES string of the molecule is COCCCN(C)C(=O)/C=C/c1cc(Cl)c2c(c1)OCO2. The first-order chi connectivity index (χ1) is 10.1. The summed E-state index contributed by atoms with van der Waals surface area (Å²) in [5.74, 6) is 1.08. The summed E-state index contributed by atoms with van der Waals surface area (Å²) in [6, 6.07) is 3.53. The van der Waals surface area contributed by atoms with Crippen LogP contribution in [-0.4, -0.2) is 44.9 Å². The minimum absolute atomic E-state index is 0.0695. The summed E-state index contributed by atoms with van der Waals surface area (Å²) >= 11 is 6.09. The van der Waals surface area contributed by atoms with Crippen LogP contribution >= 0.6 is 11.6 Å². The van der Waals surface area contributed by atoms with E-state index in [1.54, 1.807) is 37.3 Å². The van der Waals surface area contributed by atoms with E-state index in [9.17, 15) is 4.79 Å². The second-order valence-corrected chi connectivity index (χ2v) is 5.08. The second-order valence-electron chi connectivity index (χ2n) is 4.68. The topological polar surface area (TPSA) is 48.0 Å². The molecule has 1 amide bonds. The molecule has 0 radical (unpaired) electrons. The minimum Gasteiger partial charge on any atom is -0.454 e. The fraction of sp³-hybridized carbons (Fsp3) is 0.400. The molecule has 1 heterocycles. The molecule has 0 aliphatic carbocycles. The summed E-state index contributed by atoms with van der Waals surface area (Å²) in [6.45, 7) is 1.46. The number of halogens is 1. The number of amides is 1. The predicted molar refractivity (Wildman–Crippen MR) is 80.7 cm³/mol. The number of carbonyl (C=O) groups is 1. The molecule has 1 aliphatic rings. The van der Waals surface area contributed by atoms with Gasteiger partial charge in [0.25, 0.3) is 0 Å². The molecule has 1 aromatic carbocycles. The molecule has 21 heavy (non-hydrogen) atoms. The van der Waals surface area contributed by atoms with Crippen molar-refractivity contribution >= 4 is 23.6 Å². The van der Waals surface area contributed by atoms with Gasteiger partial charge < -0.3 is 19.1 Å². The Kier molecular flexibility index (Phi) is 5.47. The van der Waals surface area contributed by atoms with Crippen LogP contribution in [0.15, 0.2) is 18.2 Å². The highest BCUT2D eigenvalue weighted by Gasteiger charge is 2.17. The Morgan fingerprint density at radius 1 is 1.48 bits per heavy atom. The van der Waals surface area contributed by atoms with E-state index in [4.69, 9.17) is 25.8 Å². The van der Waals surface area contributed by atoms with Crippen LogP contribution in [0.1, 0.15) is 12.0 Å². The first-order valence-electron chi connectivity index (χ1n) is 6.63. The highest BCUT2D eigenvalue weighted by atomic mass is 35.5. The van der Waals surface area contributed by atoms with Gasteiger partial charge in [0.15, 0.2) is 11.5 Å². The van der Waals surface area contributed by atoms with E-state index in [1.807, 2.05) is 0 Å². The van der Waals surface area contributed by atoms with Crippen LogP contribution in [0.2, 0.25) is 5.02 Å². The summed E-state index contributed by atoms with van der Waals surface area (Å²) in [7, 11) is 3.40. The van der Waals surface area contributed by atoms with Crippen LogP contribution in [0, 0.1) is 0 Å². The standard InChI is InChI=1S/C15H18ClNO4/c1-17(6-3-7-19-2)14(18)5-4-11-8-12(16)15-13(9-11)20-10-21-15/h4-5,8-9H,3,6-7,10H2,1-2H3/b5-4+. The van der Waals surface area contributed by atoms with Gasteiger partial charge in [-0.3, -0.25) is 4.79 Å². The van der Waals surface area contributed by atoms with Crippen LogP contribution in [0.3, 0.4) is 0 Å². The monoisotopic (exact) mass is 311 g/mol. The number of hydrogen-bond donors (Lipinski definition) is 0. The van der Waals surface area contributed by atoms with E-state index in [2.05, 4.69) is 0 Å². The summed E-state index contributed by atoms with van der Waals surface area (Å²) < 4.78 is 15.5. The van der Waals surface area contributed by atoms with E-state index >= 15 is 0 Å². The largest absolute Gasteiger partial charge is 0.454 e. The fourth-order valence-electron chi connectivity index (χ4n) is 1.93. The van der Waals surface area contributed by atoms with Crippen molar-refractivity contribution in [2.24, 2.45) is 0 Å². The normalized spacial score (nSPS) is 12.9. The van der Waals surface area contributed by atoms with Crippen LogP contribution in [0.4, 0.5) is 0 Å². The number of benzene rings is 1. The van der Waals surface area contributed by atoms with E-state index in [-0.39, 0.29) is 12.7 Å². The number of nitrogens with zero attached hydrogens (tertiary/aromatic N) is 1. The molecule has 6 heteroatoms. The number of hydrogen-bond acceptors (Lipinski definition) is 4. The zero-order chi connectivity index (χ0) is 15.2. The third-order valence-corrected chi connectivity index (χ3v) is 3.37. The highest BCUT2D eigenvalue weighted by molar-refractivity contribution is 6.32. The van der Waals surface area contributed by atoms with E-state index in [0.29, 0.717) is 29.7 Å². The van der Waals surface area contributed by atoms with Crippen molar-refractivity contribution < 1.29 is 19.0 Å². The number of methoxy groups -OCH3 is 1. The van der Waals surface area contributed by atoms with Crippen LogP contribution < -0.4 is 9.47 Å². The second kappa shape index (κ2) is 7.33. The Morgan fingerprint density at radius 3 is 3.05 bits per heavy atom. The molecule has 0 bridgehead atoms. The molecular formula is C15H18ClNO4. The highest BCUT2D eigenvalue weighted by Crippen LogP contribution is 2.40. The lowest BCUT2D eigenvalue weighted by Crippen LogP contribution is -2.26. The van der Waals surface area contributed by atoms with Crippen molar-refractivity contribution in [3.05, 3.63) is 28.8 Å². The van der Waals surface area contributed by atoms with Gasteiger partial charge in [-0.05, 0) is 30.2 Å². The Labute approximate surface area is 129 Å². The molecule has 5 nitrogen and oxygen atoms in total. The van der Waals surface area contributed by atoms with Crippen molar-refractivity contribution in [1.82, 2.24) is 4.90 Å². The lowest BCUT2D eigenvalue weighted by molar-refractivity contribution is -0.124. The molecule has 0 saturated heterocycles. The molecule has 1 aliphatic heterocycles. The van der Waals surface area contributed by atoms with Gasteiger partial charge in [-0.15, -0.1) is 0 Å². The predicted octanol–water partition coefficient (Wildman–Crippen LogP) is 2.58. The average molecular weight is 312 g/mol. The van der Waals surface area contributed by atoms with Gasteiger partial charge in [-0.1, -0.05) is 11.6 Å². The molecule has 114 valence electrons. The third-order valence-electron chi connectivity index (χ3n) is 3.09. The summed E-state index contributed by atoms with van der Waals surface area (Å²) in [6.07, 6.45) is 4.03. The zero-order valence-corrected chi connectivity index (χ0v) is 12.9. The van der Waals surface area contributed by atoms with Crippen molar-refractivity contribution in [2.75, 3.05) is 34.1 Å². The first-order valence-corrected chi connectivity index (χ1v) is 7.01. The Hall–Kier alpha value is -1.72. The fourth-order valence-corrected chi connectivity index (χ4v) is 2.21. The van der Waals surface area contributed by atoms with Crippen molar-refractivity contribution in [3.8, 4) is 11.5 Å². The number of ether oxygens (including phenoxy) is 3. The smallest absolute Gasteiger partial charge is 0.246 e. The maximum Gasteiger partial charge on any atom is 0.246 e. The average Bonchev–Trinajstić information content (AvgIpc) is 2.93. The quantitative estimate of drug-likeness (QED) is 0.598. The van der Waals surface area contributed by atoms with Gasteiger partial charge in [0.05, 0.1) is 5.02 Å². The lowest BCUT2D eigenvalue weighted by atomic mass is 10.2. The summed E-state index contributed by atoms with van der Waals surface area (Å²) in [5, 5.41) is 0.477. The van der Waals surface area contributed by atoms with Gasteiger partial charge in [0.2, 0.25) is 12.7 Å². The molecule has 2 rings (SSSR count). The van der Waals surface area contributed by atoms with Crippen molar-refractivity contribution in [1.29, 1.82) is 0 Å². The van der Waals surface area contributed by atoms with Crippen LogP contribution in [0.5, 0.6) is 11.5 Å². The number of fused-ring (bicyclic) bond motifs is 1. The number of carbonyl (C=O) groups excluding carboxylic acids is 1. The Morgan fingerprint density at radius 2 is 2.29 bits per heavy atom. The van der Waals surface area contributed by atoms with Crippen LogP contribution in [-0.2, 0) is 9.53 Å². The van der Waals surface area contributed by atoms with Crippen molar-refractivity contribution in [2.45, 2.75) is 6.42 Å². The molecule has 0 unspecified atom stereocenters. The van der Waals surface area contributed by atoms with Gasteiger partial charge in [-0.2, -0.15) is 0 Å². The van der Waals surface area contributed by atoms with E-state index < -0.39 is 0 Å². The minimum atomic E-state index is -0.0695. The lowest BCUT2D eigenvalue weighted by Gasteiger charge is -2.14. The van der Waals surface area contributed by atoms with Crippen molar-refractivity contribution in [3.63, 3.8) is 0 Å². The maximum atomic E-state index is 11.9. The van der Waals surface area contributed by atoms with E-state index in [0.717, 1.165) is 12.0 Å². The van der Waals surface area contributed by atoms with Crippen LogP contribution in [0.25, 0.3) is 6.08 Å². The van der Waals surface area contributed by atoms with Gasteiger partial charge in [0.1, 0.15) is 0 Å². The first kappa shape index (κ1) is 15.7. The maximum absolute atomic E-state index is 11.9. The van der Waals surface area contributed by atoms with Gasteiger partial charge >= 0.3 is 0 Å². The van der Waals surface area contributed by atoms with E-state index in [1.165, 1.54) is 6.08 Å².